The van der Waals surface area contributed by atoms with E-state index in [2.05, 4.69) is 322 Å². The molecule has 538 valence electrons. The van der Waals surface area contributed by atoms with Gasteiger partial charge in [0.25, 0.3) is 0 Å². The Hall–Kier alpha value is -15.8. The Morgan fingerprint density at radius 1 is 0.216 bits per heavy atom. The van der Waals surface area contributed by atoms with Crippen molar-refractivity contribution in [1.82, 2.24) is 24.9 Å². The molecule has 0 radical (unpaired) electrons. The Bertz CT molecular complexity index is 7000. The van der Waals surface area contributed by atoms with Gasteiger partial charge in [-0.05, 0) is 187 Å². The van der Waals surface area contributed by atoms with Crippen LogP contribution < -0.4 is 9.47 Å². The van der Waals surface area contributed by atoms with E-state index in [0.29, 0.717) is 34.3 Å². The highest BCUT2D eigenvalue weighted by Gasteiger charge is 2.54. The zero-order valence-corrected chi connectivity index (χ0v) is 62.3. The highest BCUT2D eigenvalue weighted by Crippen LogP contribution is 2.66. The number of nitriles is 2. The molecule has 0 amide bonds. The zero-order valence-electron chi connectivity index (χ0n) is 62.3. The number of benzene rings is 15. The van der Waals surface area contributed by atoms with E-state index in [1.807, 2.05) is 72.9 Å². The van der Waals surface area contributed by atoms with Gasteiger partial charge in [0.15, 0.2) is 11.6 Å². The van der Waals surface area contributed by atoms with Gasteiger partial charge in [0, 0.05) is 78.5 Å². The van der Waals surface area contributed by atoms with Crippen molar-refractivity contribution in [3.05, 3.63) is 438 Å². The molecule has 3 aromatic heterocycles. The molecule has 5 heterocycles. The number of rotatable bonds is 11. The van der Waals surface area contributed by atoms with Crippen LogP contribution in [-0.4, -0.2) is 24.9 Å². The molecule has 9 nitrogen and oxygen atoms in total. The van der Waals surface area contributed by atoms with Gasteiger partial charge in [-0.15, -0.1) is 0 Å². The Morgan fingerprint density at radius 2 is 0.586 bits per heavy atom. The lowest BCUT2D eigenvalue weighted by molar-refractivity contribution is 0.436. The van der Waals surface area contributed by atoms with E-state index >= 15 is 0 Å². The van der Waals surface area contributed by atoms with E-state index in [-0.39, 0.29) is 0 Å². The van der Waals surface area contributed by atoms with Gasteiger partial charge in [0.1, 0.15) is 23.0 Å². The minimum Gasteiger partial charge on any atom is -0.457 e. The molecular weight excluding hydrogens is 1420 g/mol. The first-order valence-corrected chi connectivity index (χ1v) is 38.8. The number of ether oxygens (including phenoxy) is 2. The van der Waals surface area contributed by atoms with Crippen molar-refractivity contribution < 1.29 is 9.47 Å². The molecule has 0 saturated carbocycles. The number of nitrogens with zero attached hydrogens (tertiary/aromatic N) is 7. The molecule has 22 rings (SSSR count). The number of aromatic nitrogens is 5. The van der Waals surface area contributed by atoms with Crippen LogP contribution in [0.5, 0.6) is 23.0 Å². The maximum absolute atomic E-state index is 9.83. The Balaban J connectivity index is 0.741. The average molecular weight is 1480 g/mol. The second kappa shape index (κ2) is 27.0. The van der Waals surface area contributed by atoms with Crippen LogP contribution in [0.4, 0.5) is 0 Å². The van der Waals surface area contributed by atoms with E-state index < -0.39 is 10.8 Å². The van der Waals surface area contributed by atoms with Crippen LogP contribution in [0.3, 0.4) is 0 Å². The number of hydrogen-bond acceptors (Lipinski definition) is 9. The van der Waals surface area contributed by atoms with E-state index in [1.54, 1.807) is 0 Å². The predicted molar refractivity (Wildman–Crippen MR) is 459 cm³/mol. The highest BCUT2D eigenvalue weighted by atomic mass is 16.5. The Morgan fingerprint density at radius 3 is 1.14 bits per heavy atom. The molecule has 0 N–H and O–H groups in total. The van der Waals surface area contributed by atoms with Gasteiger partial charge in [0.05, 0.1) is 62.6 Å². The standard InChI is InChI=1S/C107H63N7O2/c108-63-66-38-40-69(41-39-66)76-47-51-100-91(57-76)106(87-34-14-10-30-82(87)83-31-11-15-35-88(83)106)93-59-79(49-53-101(93)115-100)104-111-98(62-99(114-104)77-29-19-28-75(55-77)68-21-4-1-5-22-68)73-44-42-70(43-45-73)86-56-81(105-112-96(71-23-6-2-7-24-71)61-97(113-105)72-25-8-3-9-26-72)60-94-103(86)116-102-52-48-78(95-50-46-80(65-110-95)74-27-18-20-67(54-74)64-109)58-92(102)107(94)89-36-16-12-32-84(89)85-33-13-17-37-90(85)107/h1-62,65H. The van der Waals surface area contributed by atoms with Crippen molar-refractivity contribution in [3.63, 3.8) is 0 Å². The summed E-state index contributed by atoms with van der Waals surface area (Å²) in [5.74, 6) is 4.03. The molecule has 4 aliphatic rings. The summed E-state index contributed by atoms with van der Waals surface area (Å²) < 4.78 is 14.8. The molecular formula is C107H63N7O2. The van der Waals surface area contributed by atoms with Crippen LogP contribution in [0.15, 0.2) is 382 Å². The zero-order chi connectivity index (χ0) is 77.0. The molecule has 2 aliphatic heterocycles. The number of pyridine rings is 1. The quantitative estimate of drug-likeness (QED) is 0.124. The molecule has 0 fully saturated rings. The molecule has 0 bridgehead atoms. The molecule has 2 spiro atoms. The summed E-state index contributed by atoms with van der Waals surface area (Å²) in [6.45, 7) is 0. The van der Waals surface area contributed by atoms with Gasteiger partial charge < -0.3 is 9.47 Å². The largest absolute Gasteiger partial charge is 0.457 e. The third-order valence-electron chi connectivity index (χ3n) is 23.6. The maximum atomic E-state index is 9.83. The second-order valence-electron chi connectivity index (χ2n) is 29.9. The van der Waals surface area contributed by atoms with Crippen molar-refractivity contribution in [2.24, 2.45) is 0 Å². The molecule has 2 aliphatic carbocycles. The Labute approximate surface area is 670 Å². The van der Waals surface area contributed by atoms with Crippen LogP contribution in [-0.2, 0) is 10.8 Å². The monoisotopic (exact) mass is 1480 g/mol. The fourth-order valence-corrected chi connectivity index (χ4v) is 18.2. The summed E-state index contributed by atoms with van der Waals surface area (Å²) in [6, 6.07) is 136. The third kappa shape index (κ3) is 10.8. The van der Waals surface area contributed by atoms with E-state index in [0.717, 1.165) is 190 Å². The first-order valence-electron chi connectivity index (χ1n) is 38.8. The Kier molecular flexibility index (Phi) is 15.6. The van der Waals surface area contributed by atoms with E-state index in [1.165, 1.54) is 0 Å². The lowest BCUT2D eigenvalue weighted by atomic mass is 9.65. The van der Waals surface area contributed by atoms with E-state index in [9.17, 15) is 10.5 Å². The van der Waals surface area contributed by atoms with E-state index in [4.69, 9.17) is 34.4 Å². The first kappa shape index (κ1) is 67.1. The van der Waals surface area contributed by atoms with Crippen molar-refractivity contribution in [1.29, 1.82) is 10.5 Å². The topological polar surface area (TPSA) is 130 Å². The van der Waals surface area contributed by atoms with Gasteiger partial charge in [-0.25, -0.2) is 19.9 Å². The number of hydrogen-bond donors (Lipinski definition) is 0. The smallest absolute Gasteiger partial charge is 0.160 e. The minimum atomic E-state index is -0.954. The SMILES string of the molecule is N#Cc1ccc(-c2ccc3c(c2)C2(c4cc(-c5nc(-c6ccc(-c7cc(-c8nc(-c9ccccc9)cc(-c9ccccc9)n8)cc8c7Oc7ccc(-c9ccc(-c%10cccc(C#N)c%10)cn9)cc7C87c8ccccc8-c8ccccc87)cc6)cc(-c6cccc(-c7ccccc7)c6)n5)ccc4O3)c3ccccc3-c3ccccc32)cc1. The second-order valence-corrected chi connectivity index (χ2v) is 29.9. The molecule has 0 unspecified atom stereocenters. The van der Waals surface area contributed by atoms with Crippen LogP contribution in [0.2, 0.25) is 0 Å². The minimum absolute atomic E-state index is 0.545. The summed E-state index contributed by atoms with van der Waals surface area (Å²) in [5.41, 5.74) is 30.3. The molecule has 15 aromatic carbocycles. The summed E-state index contributed by atoms with van der Waals surface area (Å²) in [5, 5.41) is 19.6. The van der Waals surface area contributed by atoms with Gasteiger partial charge in [-0.3, -0.25) is 4.98 Å². The molecule has 9 heteroatoms. The van der Waals surface area contributed by atoms with Crippen LogP contribution >= 0.6 is 0 Å². The summed E-state index contributed by atoms with van der Waals surface area (Å²) in [7, 11) is 0. The fourth-order valence-electron chi connectivity index (χ4n) is 18.2. The van der Waals surface area contributed by atoms with Crippen molar-refractivity contribution in [3.8, 4) is 181 Å². The number of fused-ring (bicyclic) bond motifs is 18. The van der Waals surface area contributed by atoms with Gasteiger partial charge in [-0.1, -0.05) is 267 Å². The third-order valence-corrected chi connectivity index (χ3v) is 23.6. The lowest BCUT2D eigenvalue weighted by Gasteiger charge is -2.40. The molecule has 0 atom stereocenters. The summed E-state index contributed by atoms with van der Waals surface area (Å²) in [6.07, 6.45) is 1.89. The average Bonchev–Trinajstić information content (AvgIpc) is 1.49. The predicted octanol–water partition coefficient (Wildman–Crippen LogP) is 25.7. The van der Waals surface area contributed by atoms with Crippen LogP contribution in [0, 0.1) is 22.7 Å². The summed E-state index contributed by atoms with van der Waals surface area (Å²) in [4.78, 5) is 27.5. The van der Waals surface area contributed by atoms with Gasteiger partial charge in [0.2, 0.25) is 0 Å². The van der Waals surface area contributed by atoms with Crippen molar-refractivity contribution in [2.45, 2.75) is 10.8 Å². The van der Waals surface area contributed by atoms with Crippen molar-refractivity contribution >= 4 is 0 Å². The fraction of sp³-hybridized carbons (Fsp3) is 0.0187. The van der Waals surface area contributed by atoms with Gasteiger partial charge >= 0.3 is 0 Å². The van der Waals surface area contributed by atoms with Crippen molar-refractivity contribution in [2.75, 3.05) is 0 Å². The van der Waals surface area contributed by atoms with Crippen LogP contribution in [0.1, 0.15) is 55.6 Å². The highest BCUT2D eigenvalue weighted by molar-refractivity contribution is 5.95. The van der Waals surface area contributed by atoms with Gasteiger partial charge in [-0.2, -0.15) is 10.5 Å². The lowest BCUT2D eigenvalue weighted by Crippen LogP contribution is -2.32. The van der Waals surface area contributed by atoms with Crippen LogP contribution in [0.25, 0.3) is 146 Å². The molecule has 116 heavy (non-hydrogen) atoms. The summed E-state index contributed by atoms with van der Waals surface area (Å²) >= 11 is 0. The normalized spacial score (nSPS) is 12.9. The maximum Gasteiger partial charge on any atom is 0.160 e. The first-order chi connectivity index (χ1) is 57.3. The molecule has 18 aromatic rings. The molecule has 0 saturated heterocycles.